The van der Waals surface area contributed by atoms with Gasteiger partial charge in [-0.2, -0.15) is 0 Å². The molecule has 0 spiro atoms. The monoisotopic (exact) mass is 551 g/mol. The number of nitrogens with one attached hydrogen (secondary N) is 3. The Kier molecular flexibility index (Phi) is 7.39. The summed E-state index contributed by atoms with van der Waals surface area (Å²) in [5.41, 5.74) is 0.432. The van der Waals surface area contributed by atoms with E-state index in [-0.39, 0.29) is 16.9 Å². The van der Waals surface area contributed by atoms with Gasteiger partial charge in [0.25, 0.3) is 5.91 Å². The van der Waals surface area contributed by atoms with Gasteiger partial charge in [0.1, 0.15) is 5.82 Å². The highest BCUT2D eigenvalue weighted by molar-refractivity contribution is 7.94. The van der Waals surface area contributed by atoms with E-state index in [1.165, 1.54) is 36.4 Å². The molecule has 0 saturated heterocycles. The number of carbonyl (C=O) groups excluding carboxylic acids is 1. The predicted molar refractivity (Wildman–Crippen MR) is 135 cm³/mol. The molecular formula is C26H25F4N3O4S. The lowest BCUT2D eigenvalue weighted by molar-refractivity contribution is 0.0538. The van der Waals surface area contributed by atoms with Crippen LogP contribution in [0.3, 0.4) is 0 Å². The molecule has 1 fully saturated rings. The Balaban J connectivity index is 1.73. The van der Waals surface area contributed by atoms with E-state index >= 15 is 13.2 Å². The van der Waals surface area contributed by atoms with E-state index in [1.807, 2.05) is 5.48 Å². The van der Waals surface area contributed by atoms with Crippen LogP contribution in [0.1, 0.15) is 46.8 Å². The molecule has 38 heavy (non-hydrogen) atoms. The first-order chi connectivity index (χ1) is 17.9. The number of hydroxylamine groups is 1. The van der Waals surface area contributed by atoms with Gasteiger partial charge in [0.15, 0.2) is 17.5 Å². The fourth-order valence-corrected chi connectivity index (χ4v) is 5.16. The van der Waals surface area contributed by atoms with Crippen LogP contribution >= 0.6 is 0 Å². The molecule has 1 amide bonds. The number of amides is 1. The van der Waals surface area contributed by atoms with Gasteiger partial charge < -0.3 is 5.32 Å². The molecular weight excluding hydrogens is 526 g/mol. The van der Waals surface area contributed by atoms with Crippen LogP contribution in [0.25, 0.3) is 0 Å². The highest BCUT2D eigenvalue weighted by Gasteiger charge is 2.50. The number of halogens is 4. The van der Waals surface area contributed by atoms with Gasteiger partial charge in [-0.3, -0.25) is 14.4 Å². The van der Waals surface area contributed by atoms with Crippen LogP contribution in [-0.4, -0.2) is 26.2 Å². The van der Waals surface area contributed by atoms with E-state index in [4.69, 9.17) is 0 Å². The van der Waals surface area contributed by atoms with Crippen LogP contribution in [0, 0.1) is 30.2 Å². The van der Waals surface area contributed by atoms with Gasteiger partial charge in [-0.25, -0.2) is 31.5 Å². The molecule has 3 N–H and O–H groups in total. The van der Waals surface area contributed by atoms with Crippen molar-refractivity contribution in [3.05, 3.63) is 88.0 Å². The number of hydrogen-bond acceptors (Lipinski definition) is 5. The molecule has 3 aromatic carbocycles. The number of rotatable bonds is 9. The van der Waals surface area contributed by atoms with Gasteiger partial charge >= 0.3 is 0 Å². The first-order valence-electron chi connectivity index (χ1n) is 11.5. The lowest BCUT2D eigenvalue weighted by atomic mass is 9.99. The Hall–Kier alpha value is -3.64. The average molecular weight is 552 g/mol. The summed E-state index contributed by atoms with van der Waals surface area (Å²) in [5.74, 6) is -5.59. The van der Waals surface area contributed by atoms with Gasteiger partial charge in [0, 0.05) is 6.42 Å². The molecule has 0 atom stereocenters. The second-order valence-electron chi connectivity index (χ2n) is 9.34. The fourth-order valence-electron chi connectivity index (χ4n) is 3.83. The minimum atomic E-state index is -3.86. The van der Waals surface area contributed by atoms with Crippen LogP contribution in [-0.2, 0) is 21.3 Å². The minimum Gasteiger partial charge on any atom is -0.350 e. The highest BCUT2D eigenvalue weighted by atomic mass is 32.2. The van der Waals surface area contributed by atoms with E-state index in [0.717, 1.165) is 13.2 Å². The number of sulfonamides is 1. The number of hydrogen-bond donors (Lipinski definition) is 3. The third kappa shape index (κ3) is 5.32. The molecule has 3 aromatic rings. The zero-order chi connectivity index (χ0) is 27.8. The van der Waals surface area contributed by atoms with Crippen LogP contribution in [0.5, 0.6) is 0 Å². The summed E-state index contributed by atoms with van der Waals surface area (Å²) in [6.45, 7) is 3.19. The molecule has 0 unspecified atom stereocenters. The molecule has 1 aliphatic rings. The standard InChI is InChI=1S/C26H25F4N3O4S/c1-14-7-8-19(18(27)11-14)31-24-17(25(34)32-37-3)13-16(22(29)23(24)30)12-15-5-4-6-20(21(15)28)33-38(35,36)26(2)9-10-26/h4-8,11,13,31,33H,9-10,12H2,1-3H3,(H,32,34). The summed E-state index contributed by atoms with van der Waals surface area (Å²) < 4.78 is 86.5. The van der Waals surface area contributed by atoms with Crippen LogP contribution in [0.4, 0.5) is 34.6 Å². The normalized spacial score (nSPS) is 14.2. The molecule has 12 heteroatoms. The van der Waals surface area contributed by atoms with Crippen molar-refractivity contribution in [1.29, 1.82) is 0 Å². The van der Waals surface area contributed by atoms with Crippen molar-refractivity contribution < 1.29 is 35.6 Å². The van der Waals surface area contributed by atoms with Gasteiger partial charge in [0.05, 0.1) is 34.5 Å². The lowest BCUT2D eigenvalue weighted by Gasteiger charge is -2.17. The smallest absolute Gasteiger partial charge is 0.277 e. The molecule has 0 aromatic heterocycles. The molecule has 0 bridgehead atoms. The van der Waals surface area contributed by atoms with Gasteiger partial charge in [-0.1, -0.05) is 18.2 Å². The SMILES string of the molecule is CONC(=O)c1cc(Cc2cccc(NS(=O)(=O)C3(C)CC3)c2F)c(F)c(F)c1Nc1ccc(C)cc1F. The first kappa shape index (κ1) is 27.4. The Morgan fingerprint density at radius 1 is 0.974 bits per heavy atom. The lowest BCUT2D eigenvalue weighted by Crippen LogP contribution is -2.27. The maximum atomic E-state index is 15.3. The molecule has 1 saturated carbocycles. The second-order valence-corrected chi connectivity index (χ2v) is 11.5. The maximum Gasteiger partial charge on any atom is 0.277 e. The molecule has 4 rings (SSSR count). The zero-order valence-electron chi connectivity index (χ0n) is 20.7. The Morgan fingerprint density at radius 3 is 2.32 bits per heavy atom. The Labute approximate surface area is 217 Å². The van der Waals surface area contributed by atoms with Crippen molar-refractivity contribution in [3.63, 3.8) is 0 Å². The van der Waals surface area contributed by atoms with Crippen LogP contribution < -0.4 is 15.5 Å². The molecule has 0 aliphatic heterocycles. The molecule has 0 radical (unpaired) electrons. The van der Waals surface area contributed by atoms with Crippen molar-refractivity contribution >= 4 is 33.0 Å². The Bertz CT molecular complexity index is 1530. The van der Waals surface area contributed by atoms with Gasteiger partial charge in [0.2, 0.25) is 10.0 Å². The number of carbonyl (C=O) groups is 1. The number of aryl methyl sites for hydroxylation is 1. The molecule has 202 valence electrons. The van der Waals surface area contributed by atoms with E-state index in [2.05, 4.69) is 14.9 Å². The van der Waals surface area contributed by atoms with Gasteiger partial charge in [-0.15, -0.1) is 0 Å². The van der Waals surface area contributed by atoms with Crippen LogP contribution in [0.15, 0.2) is 42.5 Å². The minimum absolute atomic E-state index is 0.146. The summed E-state index contributed by atoms with van der Waals surface area (Å²) in [7, 11) is -2.73. The summed E-state index contributed by atoms with van der Waals surface area (Å²) in [4.78, 5) is 17.2. The maximum absolute atomic E-state index is 15.3. The zero-order valence-corrected chi connectivity index (χ0v) is 21.5. The quantitative estimate of drug-likeness (QED) is 0.242. The summed E-state index contributed by atoms with van der Waals surface area (Å²) in [5, 5.41) is 2.42. The largest absolute Gasteiger partial charge is 0.350 e. The van der Waals surface area contributed by atoms with Crippen LogP contribution in [0.2, 0.25) is 0 Å². The first-order valence-corrected chi connectivity index (χ1v) is 13.0. The van der Waals surface area contributed by atoms with Crippen molar-refractivity contribution in [3.8, 4) is 0 Å². The van der Waals surface area contributed by atoms with E-state index in [0.29, 0.717) is 18.4 Å². The third-order valence-corrected chi connectivity index (χ3v) is 8.61. The van der Waals surface area contributed by atoms with E-state index in [9.17, 15) is 17.6 Å². The molecule has 0 heterocycles. The van der Waals surface area contributed by atoms with E-state index in [1.54, 1.807) is 13.8 Å². The number of benzene rings is 3. The summed E-state index contributed by atoms with van der Waals surface area (Å²) >= 11 is 0. The average Bonchev–Trinajstić information content (AvgIpc) is 3.62. The Morgan fingerprint density at radius 2 is 1.68 bits per heavy atom. The topological polar surface area (TPSA) is 96.5 Å². The van der Waals surface area contributed by atoms with Crippen molar-refractivity contribution in [2.45, 2.75) is 37.9 Å². The summed E-state index contributed by atoms with van der Waals surface area (Å²) in [6.07, 6.45) is 0.356. The van der Waals surface area contributed by atoms with Crippen molar-refractivity contribution in [2.75, 3.05) is 17.1 Å². The molecule has 7 nitrogen and oxygen atoms in total. The van der Waals surface area contributed by atoms with E-state index < -0.39 is 67.2 Å². The van der Waals surface area contributed by atoms with Crippen molar-refractivity contribution in [1.82, 2.24) is 5.48 Å². The second kappa shape index (κ2) is 10.3. The highest BCUT2D eigenvalue weighted by Crippen LogP contribution is 2.43. The molecule has 1 aliphatic carbocycles. The number of anilines is 3. The fraction of sp³-hybridized carbons (Fsp3) is 0.269. The third-order valence-electron chi connectivity index (χ3n) is 6.41. The van der Waals surface area contributed by atoms with Crippen molar-refractivity contribution in [2.24, 2.45) is 0 Å². The summed E-state index contributed by atoms with van der Waals surface area (Å²) in [6, 6.07) is 8.88. The predicted octanol–water partition coefficient (Wildman–Crippen LogP) is 5.47. The van der Waals surface area contributed by atoms with Gasteiger partial charge in [-0.05, 0) is 67.6 Å².